The minimum atomic E-state index is -0.844. The first-order valence-electron chi connectivity index (χ1n) is 39.3. The van der Waals surface area contributed by atoms with E-state index in [-0.39, 0.29) is 18.5 Å². The molecule has 0 aromatic rings. The quantitative estimate of drug-likeness (QED) is 0.0320. The number of carbonyl (C=O) groups excluding carboxylic acids is 2. The van der Waals surface area contributed by atoms with Crippen LogP contribution in [-0.2, 0) is 14.3 Å². The molecule has 0 spiro atoms. The number of amides is 1. The summed E-state index contributed by atoms with van der Waals surface area (Å²) < 4.78 is 5.49. The lowest BCUT2D eigenvalue weighted by Gasteiger charge is -2.20. The van der Waals surface area contributed by atoms with E-state index in [1.165, 1.54) is 360 Å². The minimum Gasteiger partial charge on any atom is -0.466 e. The lowest BCUT2D eigenvalue weighted by molar-refractivity contribution is -0.143. The first-order valence-corrected chi connectivity index (χ1v) is 39.3. The summed E-state index contributed by atoms with van der Waals surface area (Å²) in [5.41, 5.74) is 0. The lowest BCUT2D eigenvalue weighted by atomic mass is 10.0. The third kappa shape index (κ3) is 71.2. The highest BCUT2D eigenvalue weighted by Gasteiger charge is 2.18. The molecule has 508 valence electrons. The number of hydrogen-bond acceptors (Lipinski definition) is 5. The van der Waals surface area contributed by atoms with E-state index < -0.39 is 12.1 Å². The molecule has 0 rings (SSSR count). The number of esters is 1. The number of rotatable bonds is 74. The maximum Gasteiger partial charge on any atom is 0.305 e. The maximum atomic E-state index is 12.6. The molecule has 0 bridgehead atoms. The summed E-state index contributed by atoms with van der Waals surface area (Å²) in [6.07, 6.45) is 98.3. The Bertz CT molecular complexity index is 1390. The van der Waals surface area contributed by atoms with E-state index in [1.807, 2.05) is 6.08 Å². The first-order chi connectivity index (χ1) is 42.5. The van der Waals surface area contributed by atoms with Crippen molar-refractivity contribution in [3.05, 3.63) is 36.5 Å². The Balaban J connectivity index is 3.37. The zero-order valence-corrected chi connectivity index (χ0v) is 58.3. The normalized spacial score (nSPS) is 12.7. The molecule has 2 atom stereocenters. The molecule has 0 saturated heterocycles. The van der Waals surface area contributed by atoms with Crippen molar-refractivity contribution in [1.82, 2.24) is 5.32 Å². The van der Waals surface area contributed by atoms with Gasteiger partial charge in [0.1, 0.15) is 0 Å². The van der Waals surface area contributed by atoms with Gasteiger partial charge in [-0.3, -0.25) is 9.59 Å². The van der Waals surface area contributed by atoms with Crippen LogP contribution in [0.2, 0.25) is 0 Å². The Morgan fingerprint density at radius 3 is 0.919 bits per heavy atom. The highest BCUT2D eigenvalue weighted by molar-refractivity contribution is 5.76. The lowest BCUT2D eigenvalue weighted by Crippen LogP contribution is -2.45. The van der Waals surface area contributed by atoms with Crippen LogP contribution in [-0.4, -0.2) is 47.4 Å². The van der Waals surface area contributed by atoms with Crippen molar-refractivity contribution in [3.63, 3.8) is 0 Å². The van der Waals surface area contributed by atoms with E-state index in [0.717, 1.165) is 51.4 Å². The van der Waals surface area contributed by atoms with E-state index in [9.17, 15) is 19.8 Å². The first kappa shape index (κ1) is 84.1. The van der Waals surface area contributed by atoms with Gasteiger partial charge in [-0.1, -0.05) is 403 Å². The predicted molar refractivity (Wildman–Crippen MR) is 379 cm³/mol. The fourth-order valence-corrected chi connectivity index (χ4v) is 12.4. The number of nitrogens with one attached hydrogen (secondary N) is 1. The standard InChI is InChI=1S/C80H153NO5/c1-3-5-7-9-11-13-15-17-19-20-21-22-23-30-33-36-39-42-45-48-52-56-60-64-68-72-78(83)77(76-82)81-79(84)73-69-65-61-57-53-49-46-43-40-37-34-31-28-26-24-25-27-29-32-35-38-41-44-47-51-55-59-63-67-71-75-86-80(85)74-70-66-62-58-54-50-18-16-14-12-10-8-6-4-2/h10,12,16,18,68,72,77-78,82-83H,3-9,11,13-15,17,19-67,69-71,73-76H2,1-2H3,(H,81,84)/b12-10-,18-16-,72-68+. The second-order valence-electron chi connectivity index (χ2n) is 27.0. The van der Waals surface area contributed by atoms with E-state index in [2.05, 4.69) is 43.5 Å². The molecule has 0 fully saturated rings. The van der Waals surface area contributed by atoms with Crippen molar-refractivity contribution in [2.75, 3.05) is 13.2 Å². The van der Waals surface area contributed by atoms with Crippen molar-refractivity contribution in [2.45, 2.75) is 450 Å². The summed E-state index contributed by atoms with van der Waals surface area (Å²) >= 11 is 0. The van der Waals surface area contributed by atoms with Crippen molar-refractivity contribution >= 4 is 11.9 Å². The van der Waals surface area contributed by atoms with E-state index >= 15 is 0 Å². The molecule has 0 aliphatic rings. The van der Waals surface area contributed by atoms with Gasteiger partial charge in [-0.2, -0.15) is 0 Å². The number of carbonyl (C=O) groups is 2. The Labute approximate surface area is 538 Å². The van der Waals surface area contributed by atoms with Crippen LogP contribution in [0.25, 0.3) is 0 Å². The molecule has 6 nitrogen and oxygen atoms in total. The maximum absolute atomic E-state index is 12.6. The van der Waals surface area contributed by atoms with Gasteiger partial charge in [0.25, 0.3) is 0 Å². The molecule has 3 N–H and O–H groups in total. The number of hydrogen-bond donors (Lipinski definition) is 3. The zero-order chi connectivity index (χ0) is 62.0. The summed E-state index contributed by atoms with van der Waals surface area (Å²) in [7, 11) is 0. The molecular weight excluding hydrogens is 1050 g/mol. The Hall–Kier alpha value is -1.92. The van der Waals surface area contributed by atoms with Crippen molar-refractivity contribution in [2.24, 2.45) is 0 Å². The van der Waals surface area contributed by atoms with Crippen molar-refractivity contribution in [1.29, 1.82) is 0 Å². The van der Waals surface area contributed by atoms with Crippen LogP contribution in [0.3, 0.4) is 0 Å². The van der Waals surface area contributed by atoms with E-state index in [0.29, 0.717) is 19.4 Å². The summed E-state index contributed by atoms with van der Waals surface area (Å²) in [5.74, 6) is -0.0533. The molecule has 0 aliphatic carbocycles. The van der Waals surface area contributed by atoms with Gasteiger partial charge in [-0.15, -0.1) is 0 Å². The Morgan fingerprint density at radius 1 is 0.326 bits per heavy atom. The molecule has 86 heavy (non-hydrogen) atoms. The van der Waals surface area contributed by atoms with Gasteiger partial charge < -0.3 is 20.3 Å². The zero-order valence-electron chi connectivity index (χ0n) is 58.3. The van der Waals surface area contributed by atoms with Crippen LogP contribution in [0.5, 0.6) is 0 Å². The van der Waals surface area contributed by atoms with Gasteiger partial charge in [0.05, 0.1) is 25.4 Å². The number of unbranched alkanes of at least 4 members (excludes halogenated alkanes) is 59. The van der Waals surface area contributed by atoms with Gasteiger partial charge in [-0.05, 0) is 57.8 Å². The summed E-state index contributed by atoms with van der Waals surface area (Å²) in [4.78, 5) is 24.6. The van der Waals surface area contributed by atoms with Crippen LogP contribution >= 0.6 is 0 Å². The number of aliphatic hydroxyl groups is 2. The van der Waals surface area contributed by atoms with Gasteiger partial charge >= 0.3 is 5.97 Å². The summed E-state index contributed by atoms with van der Waals surface area (Å²) in [6, 6.07) is -0.627. The SMILES string of the molecule is CCCC/C=C\C/C=C\CCCCCCCC(=O)OCCCCCCCCCCCCCCCCCCCCCCCCCCCCCCCCC(=O)NC(CO)C(O)/C=C/CCCCCCCCCCCCCCCCCCCCCCCCC. The molecule has 2 unspecified atom stereocenters. The fraction of sp³-hybridized carbons (Fsp3) is 0.900. The Kier molecular flexibility index (Phi) is 73.9. The van der Waals surface area contributed by atoms with E-state index in [4.69, 9.17) is 4.74 Å². The molecule has 6 heteroatoms. The Morgan fingerprint density at radius 2 is 0.593 bits per heavy atom. The second kappa shape index (κ2) is 75.5. The largest absolute Gasteiger partial charge is 0.466 e. The second-order valence-corrected chi connectivity index (χ2v) is 27.0. The molecule has 0 saturated carbocycles. The average Bonchev–Trinajstić information content (AvgIpc) is 3.54. The molecule has 0 radical (unpaired) electrons. The van der Waals surface area contributed by atoms with Crippen LogP contribution < -0.4 is 5.32 Å². The van der Waals surface area contributed by atoms with Crippen LogP contribution in [0.15, 0.2) is 36.5 Å². The third-order valence-corrected chi connectivity index (χ3v) is 18.4. The van der Waals surface area contributed by atoms with Crippen LogP contribution in [0, 0.1) is 0 Å². The minimum absolute atomic E-state index is 0.00578. The fourth-order valence-electron chi connectivity index (χ4n) is 12.4. The topological polar surface area (TPSA) is 95.9 Å². The summed E-state index contributed by atoms with van der Waals surface area (Å²) in [5, 5.41) is 23.3. The van der Waals surface area contributed by atoms with Crippen LogP contribution in [0.4, 0.5) is 0 Å². The monoisotopic (exact) mass is 1210 g/mol. The average molecular weight is 1210 g/mol. The van der Waals surface area contributed by atoms with Gasteiger partial charge in [-0.25, -0.2) is 0 Å². The molecule has 0 aliphatic heterocycles. The molecular formula is C80H153NO5. The number of ether oxygens (including phenoxy) is 1. The predicted octanol–water partition coefficient (Wildman–Crippen LogP) is 25.8. The van der Waals surface area contributed by atoms with Crippen molar-refractivity contribution < 1.29 is 24.5 Å². The molecule has 0 aromatic carbocycles. The van der Waals surface area contributed by atoms with E-state index in [1.54, 1.807) is 6.08 Å². The highest BCUT2D eigenvalue weighted by Crippen LogP contribution is 2.20. The van der Waals surface area contributed by atoms with Gasteiger partial charge in [0, 0.05) is 12.8 Å². The molecule has 0 heterocycles. The number of aliphatic hydroxyl groups excluding tert-OH is 2. The van der Waals surface area contributed by atoms with Crippen LogP contribution in [0.1, 0.15) is 438 Å². The van der Waals surface area contributed by atoms with Gasteiger partial charge in [0.15, 0.2) is 0 Å². The third-order valence-electron chi connectivity index (χ3n) is 18.4. The van der Waals surface area contributed by atoms with Gasteiger partial charge in [0.2, 0.25) is 5.91 Å². The highest BCUT2D eigenvalue weighted by atomic mass is 16.5. The molecule has 0 aromatic heterocycles. The number of allylic oxidation sites excluding steroid dienone is 5. The smallest absolute Gasteiger partial charge is 0.305 e. The molecule has 1 amide bonds. The summed E-state index contributed by atoms with van der Waals surface area (Å²) in [6.45, 7) is 4.91. The van der Waals surface area contributed by atoms with Crippen molar-refractivity contribution in [3.8, 4) is 0 Å².